The van der Waals surface area contributed by atoms with Crippen LogP contribution >= 0.6 is 0 Å². The van der Waals surface area contributed by atoms with Gasteiger partial charge in [0.2, 0.25) is 5.75 Å². The number of carbonyl (C=O) groups is 1. The third-order valence-corrected chi connectivity index (χ3v) is 8.59. The average Bonchev–Trinajstić information content (AvgIpc) is 3.11. The second kappa shape index (κ2) is 10.1. The minimum absolute atomic E-state index is 0.0390. The van der Waals surface area contributed by atoms with Gasteiger partial charge in [0.05, 0.1) is 26.9 Å². The molecule has 4 atom stereocenters. The van der Waals surface area contributed by atoms with Crippen LogP contribution in [0, 0.1) is 22.7 Å². The molecule has 0 aromatic heterocycles. The van der Waals surface area contributed by atoms with E-state index in [1.165, 1.54) is 6.42 Å². The van der Waals surface area contributed by atoms with Gasteiger partial charge in [0, 0.05) is 17.9 Å². The van der Waals surface area contributed by atoms with Gasteiger partial charge in [0.25, 0.3) is 0 Å². The first-order valence-electron chi connectivity index (χ1n) is 12.4. The Morgan fingerprint density at radius 3 is 2.06 bits per heavy atom. The van der Waals surface area contributed by atoms with Gasteiger partial charge < -0.3 is 23.8 Å². The molecule has 2 saturated carbocycles. The molecule has 1 aromatic carbocycles. The van der Waals surface area contributed by atoms with Crippen molar-refractivity contribution >= 4 is 5.97 Å². The van der Waals surface area contributed by atoms with E-state index in [1.54, 1.807) is 33.5 Å². The lowest BCUT2D eigenvalue weighted by Gasteiger charge is -2.40. The summed E-state index contributed by atoms with van der Waals surface area (Å²) in [7, 11) is 4.66. The van der Waals surface area contributed by atoms with Gasteiger partial charge in [-0.25, -0.2) is 4.79 Å². The van der Waals surface area contributed by atoms with E-state index in [1.807, 2.05) is 0 Å². The molecule has 186 valence electrons. The van der Waals surface area contributed by atoms with Crippen molar-refractivity contribution in [3.05, 3.63) is 17.7 Å². The minimum Gasteiger partial charge on any atom is -0.493 e. The van der Waals surface area contributed by atoms with Crippen LogP contribution < -0.4 is 14.2 Å². The number of fused-ring (bicyclic) bond motifs is 2. The van der Waals surface area contributed by atoms with Gasteiger partial charge in [0.15, 0.2) is 11.5 Å². The normalized spacial score (nSPS) is 27.6. The maximum atomic E-state index is 13.5. The molecule has 0 amide bonds. The predicted molar refractivity (Wildman–Crippen MR) is 130 cm³/mol. The van der Waals surface area contributed by atoms with Crippen LogP contribution in [0.2, 0.25) is 0 Å². The Balaban J connectivity index is 1.92. The molecule has 4 unspecified atom stereocenters. The first kappa shape index (κ1) is 25.7. The van der Waals surface area contributed by atoms with Crippen molar-refractivity contribution in [3.8, 4) is 17.2 Å². The summed E-state index contributed by atoms with van der Waals surface area (Å²) < 4.78 is 22.7. The Labute approximate surface area is 199 Å². The van der Waals surface area contributed by atoms with Gasteiger partial charge in [-0.2, -0.15) is 0 Å². The van der Waals surface area contributed by atoms with Crippen LogP contribution in [0.25, 0.3) is 0 Å². The van der Waals surface area contributed by atoms with Crippen LogP contribution in [0.4, 0.5) is 0 Å². The fraction of sp³-hybridized carbons (Fsp3) is 0.741. The number of rotatable bonds is 11. The third-order valence-electron chi connectivity index (χ3n) is 8.59. The van der Waals surface area contributed by atoms with Crippen LogP contribution in [-0.4, -0.2) is 57.9 Å². The van der Waals surface area contributed by atoms with Crippen LogP contribution in [0.3, 0.4) is 0 Å². The molecular formula is C27H43NO5. The molecule has 2 aliphatic carbocycles. The van der Waals surface area contributed by atoms with Gasteiger partial charge in [-0.05, 0) is 62.2 Å². The van der Waals surface area contributed by atoms with Crippen LogP contribution in [0.1, 0.15) is 70.7 Å². The highest BCUT2D eigenvalue weighted by Crippen LogP contribution is 2.68. The van der Waals surface area contributed by atoms with Gasteiger partial charge in [-0.1, -0.05) is 34.6 Å². The third kappa shape index (κ3) is 4.43. The Kier molecular flexibility index (Phi) is 7.87. The number of esters is 1. The van der Waals surface area contributed by atoms with Gasteiger partial charge in [0.1, 0.15) is 6.10 Å². The van der Waals surface area contributed by atoms with Crippen molar-refractivity contribution in [2.24, 2.45) is 22.7 Å². The number of ether oxygens (including phenoxy) is 4. The van der Waals surface area contributed by atoms with E-state index in [0.717, 1.165) is 38.9 Å². The van der Waals surface area contributed by atoms with E-state index in [9.17, 15) is 4.79 Å². The average molecular weight is 462 g/mol. The summed E-state index contributed by atoms with van der Waals surface area (Å²) in [5, 5.41) is 0. The van der Waals surface area contributed by atoms with Crippen LogP contribution in [0.15, 0.2) is 12.1 Å². The molecule has 0 spiro atoms. The number of carbonyl (C=O) groups excluding carboxylic acids is 1. The van der Waals surface area contributed by atoms with E-state index in [-0.39, 0.29) is 22.9 Å². The van der Waals surface area contributed by atoms with E-state index < -0.39 is 0 Å². The van der Waals surface area contributed by atoms with Crippen LogP contribution in [0.5, 0.6) is 17.2 Å². The summed E-state index contributed by atoms with van der Waals surface area (Å²) >= 11 is 0. The van der Waals surface area contributed by atoms with E-state index in [2.05, 4.69) is 39.5 Å². The van der Waals surface area contributed by atoms with Crippen molar-refractivity contribution in [2.75, 3.05) is 41.0 Å². The zero-order valence-corrected chi connectivity index (χ0v) is 21.8. The highest BCUT2D eigenvalue weighted by atomic mass is 16.5. The molecule has 0 N–H and O–H groups in total. The largest absolute Gasteiger partial charge is 0.493 e. The maximum Gasteiger partial charge on any atom is 0.338 e. The number of methoxy groups -OCH3 is 3. The number of hydrogen-bond donors (Lipinski definition) is 0. The lowest BCUT2D eigenvalue weighted by Crippen LogP contribution is -2.45. The molecule has 0 radical (unpaired) electrons. The fourth-order valence-corrected chi connectivity index (χ4v) is 6.55. The molecule has 2 fully saturated rings. The standard InChI is InChI=1S/C27H43NO5/c1-9-13-28(14-10-2)17-19-20-11-12-27(5,26(20,3)4)24(19)33-25(29)18-15-21(30-6)23(32-8)22(16-18)31-7/h15-16,19-20,24H,9-14,17H2,1-8H3. The Hall–Kier alpha value is -1.95. The molecule has 2 aliphatic rings. The lowest BCUT2D eigenvalue weighted by atomic mass is 9.70. The van der Waals surface area contributed by atoms with E-state index >= 15 is 0 Å². The SMILES string of the molecule is CCCN(CCC)CC1C2CCC(C)(C1OC(=O)c1cc(OC)c(OC)c(OC)c1)C2(C)C. The predicted octanol–water partition coefficient (Wildman–Crippen LogP) is 5.43. The Morgan fingerprint density at radius 1 is 1.00 bits per heavy atom. The fourth-order valence-electron chi connectivity index (χ4n) is 6.55. The van der Waals surface area contributed by atoms with Crippen molar-refractivity contribution in [1.82, 2.24) is 4.90 Å². The van der Waals surface area contributed by atoms with E-state index in [4.69, 9.17) is 18.9 Å². The van der Waals surface area contributed by atoms with Crippen molar-refractivity contribution in [3.63, 3.8) is 0 Å². The van der Waals surface area contributed by atoms with Gasteiger partial charge in [-0.15, -0.1) is 0 Å². The molecular weight excluding hydrogens is 418 g/mol. The van der Waals surface area contributed by atoms with Crippen molar-refractivity contribution in [1.29, 1.82) is 0 Å². The summed E-state index contributed by atoms with van der Waals surface area (Å²) in [5.41, 5.74) is 0.511. The molecule has 6 heteroatoms. The van der Waals surface area contributed by atoms with Crippen LogP contribution in [-0.2, 0) is 4.74 Å². The highest BCUT2D eigenvalue weighted by molar-refractivity contribution is 5.91. The first-order valence-corrected chi connectivity index (χ1v) is 12.4. The van der Waals surface area contributed by atoms with E-state index in [0.29, 0.717) is 34.6 Å². The maximum absolute atomic E-state index is 13.5. The summed E-state index contributed by atoms with van der Waals surface area (Å²) in [6.07, 6.45) is 4.45. The summed E-state index contributed by atoms with van der Waals surface area (Å²) in [4.78, 5) is 16.0. The number of nitrogens with zero attached hydrogens (tertiary/aromatic N) is 1. The van der Waals surface area contributed by atoms with Gasteiger partial charge >= 0.3 is 5.97 Å². The lowest BCUT2D eigenvalue weighted by molar-refractivity contribution is -0.0461. The topological polar surface area (TPSA) is 57.2 Å². The number of hydrogen-bond acceptors (Lipinski definition) is 6. The molecule has 0 saturated heterocycles. The smallest absolute Gasteiger partial charge is 0.338 e. The molecule has 6 nitrogen and oxygen atoms in total. The Bertz CT molecular complexity index is 807. The molecule has 2 bridgehead atoms. The number of benzene rings is 1. The molecule has 0 heterocycles. The monoisotopic (exact) mass is 461 g/mol. The summed E-state index contributed by atoms with van der Waals surface area (Å²) in [5.74, 6) is 1.94. The zero-order valence-electron chi connectivity index (χ0n) is 21.8. The highest BCUT2D eigenvalue weighted by Gasteiger charge is 2.67. The van der Waals surface area contributed by atoms with Crippen molar-refractivity contribution in [2.45, 2.75) is 66.4 Å². The summed E-state index contributed by atoms with van der Waals surface area (Å²) in [6, 6.07) is 3.36. The minimum atomic E-state index is -0.327. The summed E-state index contributed by atoms with van der Waals surface area (Å²) in [6.45, 7) is 14.7. The van der Waals surface area contributed by atoms with Gasteiger partial charge in [-0.3, -0.25) is 0 Å². The molecule has 33 heavy (non-hydrogen) atoms. The second-order valence-electron chi connectivity index (χ2n) is 10.5. The second-order valence-corrected chi connectivity index (χ2v) is 10.5. The quantitative estimate of drug-likeness (QED) is 0.410. The first-order chi connectivity index (χ1) is 15.7. The van der Waals surface area contributed by atoms with Crippen molar-refractivity contribution < 1.29 is 23.7 Å². The Morgan fingerprint density at radius 2 is 1.58 bits per heavy atom. The zero-order chi connectivity index (χ0) is 24.4. The molecule has 1 aromatic rings. The molecule has 3 rings (SSSR count). The molecule has 0 aliphatic heterocycles.